The molecule has 0 unspecified atom stereocenters. The molecule has 1 heterocycles. The van der Waals surface area contributed by atoms with Crippen LogP contribution in [0.2, 0.25) is 5.15 Å². The van der Waals surface area contributed by atoms with E-state index in [0.717, 1.165) is 5.56 Å². The van der Waals surface area contributed by atoms with Gasteiger partial charge in [0.2, 0.25) is 5.91 Å². The fraction of sp³-hybridized carbons (Fsp3) is 0.333. The number of rotatable bonds is 6. The monoisotopic (exact) mass is 310 g/mol. The summed E-state index contributed by atoms with van der Waals surface area (Å²) in [4.78, 5) is 15.8. The molecule has 0 aliphatic carbocycles. The van der Waals surface area contributed by atoms with Gasteiger partial charge in [0, 0.05) is 25.5 Å². The molecule has 21 heavy (non-hydrogen) atoms. The second-order valence-corrected chi connectivity index (χ2v) is 4.98. The summed E-state index contributed by atoms with van der Waals surface area (Å²) in [5.41, 5.74) is 1.37. The first-order valence-corrected chi connectivity index (χ1v) is 6.98. The summed E-state index contributed by atoms with van der Waals surface area (Å²) >= 11 is 6.10. The lowest BCUT2D eigenvalue weighted by Crippen LogP contribution is -2.27. The second kappa shape index (κ2) is 7.33. The lowest BCUT2D eigenvalue weighted by molar-refractivity contribution is -0.121. The van der Waals surface area contributed by atoms with Crippen LogP contribution in [0.3, 0.4) is 0 Å². The maximum Gasteiger partial charge on any atom is 0.220 e. The van der Waals surface area contributed by atoms with E-state index in [4.69, 9.17) is 16.3 Å². The van der Waals surface area contributed by atoms with Gasteiger partial charge in [-0.15, -0.1) is 0 Å². The number of benzene rings is 1. The molecule has 0 fully saturated rings. The number of methoxy groups -OCH3 is 1. The van der Waals surface area contributed by atoms with Gasteiger partial charge >= 0.3 is 0 Å². The van der Waals surface area contributed by atoms with Crippen molar-refractivity contribution in [2.45, 2.75) is 12.8 Å². The molecule has 0 saturated carbocycles. The van der Waals surface area contributed by atoms with Crippen LogP contribution >= 0.6 is 11.6 Å². The molecule has 1 aromatic carbocycles. The summed E-state index contributed by atoms with van der Waals surface area (Å²) in [6.07, 6.45) is 0.753. The second-order valence-electron chi connectivity index (χ2n) is 4.62. The van der Waals surface area contributed by atoms with Crippen molar-refractivity contribution in [1.29, 1.82) is 0 Å². The minimum absolute atomic E-state index is 0.0811. The van der Waals surface area contributed by atoms with Gasteiger partial charge in [0.15, 0.2) is 0 Å². The zero-order valence-electron chi connectivity index (χ0n) is 11.7. The quantitative estimate of drug-likeness (QED) is 0.659. The van der Waals surface area contributed by atoms with E-state index < -0.39 is 0 Å². The number of halogens is 2. The molecule has 112 valence electrons. The van der Waals surface area contributed by atoms with Crippen molar-refractivity contribution in [3.63, 3.8) is 0 Å². The summed E-state index contributed by atoms with van der Waals surface area (Å²) in [7, 11) is 1.58. The number of ether oxygens (including phenoxy) is 1. The Morgan fingerprint density at radius 1 is 1.43 bits per heavy atom. The van der Waals surface area contributed by atoms with Crippen LogP contribution in [0.25, 0.3) is 10.9 Å². The Kier molecular flexibility index (Phi) is 5.47. The van der Waals surface area contributed by atoms with Crippen LogP contribution in [0.1, 0.15) is 12.0 Å². The molecule has 0 atom stereocenters. The average Bonchev–Trinajstić information content (AvgIpc) is 2.46. The SMILES string of the molecule is COCCNC(=O)CCc1cc2cc(F)ccc2nc1Cl. The Balaban J connectivity index is 2.04. The van der Waals surface area contributed by atoms with E-state index in [-0.39, 0.29) is 11.7 Å². The Morgan fingerprint density at radius 3 is 3.00 bits per heavy atom. The highest BCUT2D eigenvalue weighted by molar-refractivity contribution is 6.30. The van der Waals surface area contributed by atoms with E-state index in [1.807, 2.05) is 0 Å². The highest BCUT2D eigenvalue weighted by Gasteiger charge is 2.08. The molecule has 0 radical (unpaired) electrons. The zero-order chi connectivity index (χ0) is 15.2. The van der Waals surface area contributed by atoms with Crippen LogP contribution in [0.5, 0.6) is 0 Å². The van der Waals surface area contributed by atoms with Crippen molar-refractivity contribution in [3.8, 4) is 0 Å². The van der Waals surface area contributed by atoms with E-state index in [2.05, 4.69) is 10.3 Å². The predicted molar refractivity (Wildman–Crippen MR) is 79.9 cm³/mol. The fourth-order valence-corrected chi connectivity index (χ4v) is 2.21. The smallest absolute Gasteiger partial charge is 0.220 e. The maximum atomic E-state index is 13.2. The van der Waals surface area contributed by atoms with Gasteiger partial charge in [-0.2, -0.15) is 0 Å². The summed E-state index contributed by atoms with van der Waals surface area (Å²) in [5.74, 6) is -0.405. The number of hydrogen-bond acceptors (Lipinski definition) is 3. The van der Waals surface area contributed by atoms with E-state index in [1.54, 1.807) is 19.2 Å². The molecule has 2 rings (SSSR count). The van der Waals surface area contributed by atoms with Gasteiger partial charge in [-0.25, -0.2) is 9.37 Å². The van der Waals surface area contributed by atoms with Crippen molar-refractivity contribution >= 4 is 28.4 Å². The van der Waals surface area contributed by atoms with Gasteiger partial charge in [0.1, 0.15) is 11.0 Å². The fourth-order valence-electron chi connectivity index (χ4n) is 1.97. The highest BCUT2D eigenvalue weighted by atomic mass is 35.5. The van der Waals surface area contributed by atoms with Crippen LogP contribution in [-0.2, 0) is 16.0 Å². The van der Waals surface area contributed by atoms with Gasteiger partial charge in [0.25, 0.3) is 0 Å². The van der Waals surface area contributed by atoms with Crippen LogP contribution in [-0.4, -0.2) is 31.2 Å². The third kappa shape index (κ3) is 4.37. The van der Waals surface area contributed by atoms with Crippen molar-refractivity contribution in [2.75, 3.05) is 20.3 Å². The van der Waals surface area contributed by atoms with Crippen LogP contribution in [0.15, 0.2) is 24.3 Å². The molecule has 0 bridgehead atoms. The molecule has 1 amide bonds. The Labute approximate surface area is 127 Å². The molecule has 1 aromatic heterocycles. The number of nitrogens with zero attached hydrogens (tertiary/aromatic N) is 1. The van der Waals surface area contributed by atoms with Crippen molar-refractivity contribution in [2.24, 2.45) is 0 Å². The van der Waals surface area contributed by atoms with Crippen LogP contribution < -0.4 is 5.32 Å². The third-order valence-corrected chi connectivity index (χ3v) is 3.38. The minimum Gasteiger partial charge on any atom is -0.383 e. The first kappa shape index (κ1) is 15.7. The number of hydrogen-bond donors (Lipinski definition) is 1. The normalized spacial score (nSPS) is 10.8. The molecular weight excluding hydrogens is 295 g/mol. The molecule has 4 nitrogen and oxygen atoms in total. The molecular formula is C15H16ClFN2O2. The summed E-state index contributed by atoms with van der Waals surface area (Å²) in [6, 6.07) is 6.10. The Bertz CT molecular complexity index is 649. The van der Waals surface area contributed by atoms with Crippen molar-refractivity contribution in [3.05, 3.63) is 40.8 Å². The number of carbonyl (C=O) groups is 1. The molecule has 6 heteroatoms. The number of fused-ring (bicyclic) bond motifs is 1. The highest BCUT2D eigenvalue weighted by Crippen LogP contribution is 2.22. The number of pyridine rings is 1. The third-order valence-electron chi connectivity index (χ3n) is 3.05. The van der Waals surface area contributed by atoms with Gasteiger partial charge in [-0.1, -0.05) is 11.6 Å². The van der Waals surface area contributed by atoms with Gasteiger partial charge in [0.05, 0.1) is 12.1 Å². The van der Waals surface area contributed by atoms with Crippen molar-refractivity contribution in [1.82, 2.24) is 10.3 Å². The zero-order valence-corrected chi connectivity index (χ0v) is 12.4. The van der Waals surface area contributed by atoms with Gasteiger partial charge in [-0.05, 0) is 36.2 Å². The van der Waals surface area contributed by atoms with E-state index in [1.165, 1.54) is 12.1 Å². The van der Waals surface area contributed by atoms with Gasteiger partial charge in [-0.3, -0.25) is 4.79 Å². The number of carbonyl (C=O) groups excluding carboxylic acids is 1. The summed E-state index contributed by atoms with van der Waals surface area (Å²) in [5, 5.41) is 3.75. The van der Waals surface area contributed by atoms with Gasteiger partial charge < -0.3 is 10.1 Å². The first-order valence-electron chi connectivity index (χ1n) is 6.60. The summed E-state index contributed by atoms with van der Waals surface area (Å²) < 4.78 is 18.1. The first-order chi connectivity index (χ1) is 10.1. The number of nitrogens with one attached hydrogen (secondary N) is 1. The molecule has 2 aromatic rings. The molecule has 0 aliphatic heterocycles. The molecule has 0 spiro atoms. The van der Waals surface area contributed by atoms with E-state index >= 15 is 0 Å². The maximum absolute atomic E-state index is 13.2. The van der Waals surface area contributed by atoms with Crippen molar-refractivity contribution < 1.29 is 13.9 Å². The van der Waals surface area contributed by atoms with Crippen LogP contribution in [0.4, 0.5) is 4.39 Å². The van der Waals surface area contributed by atoms with E-state index in [0.29, 0.717) is 42.0 Å². The largest absolute Gasteiger partial charge is 0.383 e. The van der Waals surface area contributed by atoms with E-state index in [9.17, 15) is 9.18 Å². The van der Waals surface area contributed by atoms with Crippen LogP contribution in [0, 0.1) is 5.82 Å². The molecule has 0 saturated heterocycles. The lowest BCUT2D eigenvalue weighted by Gasteiger charge is -2.07. The Hall–Kier alpha value is -1.72. The molecule has 1 N–H and O–H groups in total. The number of aromatic nitrogens is 1. The number of amides is 1. The molecule has 0 aliphatic rings. The topological polar surface area (TPSA) is 51.2 Å². The predicted octanol–water partition coefficient (Wildman–Crippen LogP) is 2.72. The Morgan fingerprint density at radius 2 is 2.24 bits per heavy atom. The number of aryl methyl sites for hydroxylation is 1. The minimum atomic E-state index is -0.324. The standard InChI is InChI=1S/C15H16ClFN2O2/c1-21-7-6-18-14(20)5-2-10-8-11-9-12(17)3-4-13(11)19-15(10)16/h3-4,8-9H,2,5-7H2,1H3,(H,18,20). The average molecular weight is 311 g/mol. The summed E-state index contributed by atoms with van der Waals surface area (Å²) in [6.45, 7) is 0.952. The lowest BCUT2D eigenvalue weighted by atomic mass is 10.1.